The van der Waals surface area contributed by atoms with Crippen LogP contribution in [0.3, 0.4) is 0 Å². The second-order valence-electron chi connectivity index (χ2n) is 7.31. The van der Waals surface area contributed by atoms with Gasteiger partial charge in [0, 0.05) is 13.0 Å². The van der Waals surface area contributed by atoms with Crippen molar-refractivity contribution >= 4 is 17.7 Å². The summed E-state index contributed by atoms with van der Waals surface area (Å²) in [6.45, 7) is 4.26. The van der Waals surface area contributed by atoms with Crippen LogP contribution >= 0.6 is 0 Å². The predicted octanol–water partition coefficient (Wildman–Crippen LogP) is 0.590. The molecule has 26 heavy (non-hydrogen) atoms. The molecule has 1 fully saturated rings. The molecule has 2 aliphatic rings. The van der Waals surface area contributed by atoms with E-state index in [1.165, 1.54) is 9.80 Å². The number of fused-ring (bicyclic) bond motifs is 1. The molecule has 0 aromatic heterocycles. The molecule has 0 radical (unpaired) electrons. The molecular weight excluding hydrogens is 330 g/mol. The highest BCUT2D eigenvalue weighted by atomic mass is 16.2. The third-order valence-electron chi connectivity index (χ3n) is 5.37. The molecule has 0 unspecified atom stereocenters. The molecule has 3 rings (SSSR count). The van der Waals surface area contributed by atoms with Gasteiger partial charge in [0.25, 0.3) is 11.8 Å². The van der Waals surface area contributed by atoms with E-state index in [9.17, 15) is 14.4 Å². The first kappa shape index (κ1) is 18.6. The van der Waals surface area contributed by atoms with Gasteiger partial charge >= 0.3 is 0 Å². The van der Waals surface area contributed by atoms with Crippen molar-refractivity contribution in [3.05, 3.63) is 35.4 Å². The van der Waals surface area contributed by atoms with Gasteiger partial charge in [-0.05, 0) is 25.0 Å². The molecule has 2 heterocycles. The van der Waals surface area contributed by atoms with Crippen LogP contribution in [0, 0.1) is 0 Å². The number of benzene rings is 1. The summed E-state index contributed by atoms with van der Waals surface area (Å²) in [5.74, 6) is -0.103. The van der Waals surface area contributed by atoms with E-state index >= 15 is 0 Å². The average molecular weight is 358 g/mol. The lowest BCUT2D eigenvalue weighted by Crippen LogP contribution is -3.12. The number of carbonyl (C=O) groups is 3. The Balaban J connectivity index is 1.32. The Hall–Kier alpha value is -2.21. The van der Waals surface area contributed by atoms with Gasteiger partial charge in [-0.1, -0.05) is 25.0 Å². The fourth-order valence-corrected chi connectivity index (χ4v) is 3.64. The second-order valence-corrected chi connectivity index (χ2v) is 7.31. The van der Waals surface area contributed by atoms with Gasteiger partial charge in [0.2, 0.25) is 5.91 Å². The van der Waals surface area contributed by atoms with E-state index in [0.29, 0.717) is 24.1 Å². The molecule has 6 nitrogen and oxygen atoms in total. The van der Waals surface area contributed by atoms with E-state index in [4.69, 9.17) is 0 Å². The molecule has 6 heteroatoms. The van der Waals surface area contributed by atoms with Crippen LogP contribution in [0.2, 0.25) is 0 Å². The summed E-state index contributed by atoms with van der Waals surface area (Å²) in [6.07, 6.45) is 4.14. The van der Waals surface area contributed by atoms with Crippen molar-refractivity contribution in [1.29, 1.82) is 0 Å². The molecule has 2 aliphatic heterocycles. The lowest BCUT2D eigenvalue weighted by molar-refractivity contribution is -0.883. The highest BCUT2D eigenvalue weighted by Crippen LogP contribution is 2.22. The van der Waals surface area contributed by atoms with Gasteiger partial charge in [-0.25, -0.2) is 0 Å². The van der Waals surface area contributed by atoms with Crippen molar-refractivity contribution in [3.63, 3.8) is 0 Å². The Kier molecular flexibility index (Phi) is 6.04. The molecule has 3 amide bonds. The zero-order valence-corrected chi connectivity index (χ0v) is 15.5. The summed E-state index contributed by atoms with van der Waals surface area (Å²) in [5.41, 5.74) is 1.02. The first-order valence-electron chi connectivity index (χ1n) is 9.62. The lowest BCUT2D eigenvalue weighted by Gasteiger charge is -2.30. The number of imide groups is 1. The number of likely N-dealkylation sites (N-methyl/N-ethyl adjacent to an activating group) is 1. The molecule has 140 valence electrons. The number of hydrogen-bond acceptors (Lipinski definition) is 3. The maximum absolute atomic E-state index is 12.3. The number of hydrogen-bond donors (Lipinski definition) is 1. The predicted molar refractivity (Wildman–Crippen MR) is 98.1 cm³/mol. The van der Waals surface area contributed by atoms with Crippen molar-refractivity contribution in [3.8, 4) is 0 Å². The molecule has 0 bridgehead atoms. The molecule has 0 saturated carbocycles. The third kappa shape index (κ3) is 4.12. The van der Waals surface area contributed by atoms with Gasteiger partial charge in [-0.2, -0.15) is 0 Å². The zero-order valence-electron chi connectivity index (χ0n) is 15.5. The summed E-state index contributed by atoms with van der Waals surface area (Å²) in [7, 11) is 2.16. The van der Waals surface area contributed by atoms with Crippen LogP contribution in [0.5, 0.6) is 0 Å². The maximum atomic E-state index is 12.3. The van der Waals surface area contributed by atoms with Crippen LogP contribution in [-0.4, -0.2) is 67.3 Å². The Morgan fingerprint density at radius 1 is 0.962 bits per heavy atom. The minimum atomic E-state index is -0.182. The number of rotatable bonds is 7. The first-order chi connectivity index (χ1) is 12.6. The molecule has 0 atom stereocenters. The maximum Gasteiger partial charge on any atom is 0.261 e. The minimum absolute atomic E-state index is 0.182. The van der Waals surface area contributed by atoms with E-state index < -0.39 is 0 Å². The lowest BCUT2D eigenvalue weighted by atomic mass is 10.1. The van der Waals surface area contributed by atoms with Crippen LogP contribution in [0.25, 0.3) is 0 Å². The van der Waals surface area contributed by atoms with Gasteiger partial charge in [0.05, 0.1) is 44.4 Å². The molecule has 0 spiro atoms. The van der Waals surface area contributed by atoms with Crippen LogP contribution in [0.1, 0.15) is 52.8 Å². The number of nitrogens with one attached hydrogen (secondary N) is 1. The van der Waals surface area contributed by atoms with Crippen LogP contribution in [0.15, 0.2) is 24.3 Å². The van der Waals surface area contributed by atoms with E-state index in [1.807, 2.05) is 4.90 Å². The fourth-order valence-electron chi connectivity index (χ4n) is 3.64. The summed E-state index contributed by atoms with van der Waals surface area (Å²) in [5, 5.41) is 0. The Labute approximate surface area is 154 Å². The van der Waals surface area contributed by atoms with Gasteiger partial charge in [-0.15, -0.1) is 0 Å². The number of quaternary nitrogens is 1. The van der Waals surface area contributed by atoms with Crippen molar-refractivity contribution in [2.24, 2.45) is 0 Å². The van der Waals surface area contributed by atoms with Crippen LogP contribution in [0.4, 0.5) is 0 Å². The molecular formula is C20H28N3O3+. The number of nitrogens with zero attached hydrogens (tertiary/aromatic N) is 2. The number of piperazine rings is 1. The van der Waals surface area contributed by atoms with Gasteiger partial charge < -0.3 is 9.80 Å². The van der Waals surface area contributed by atoms with Crippen molar-refractivity contribution in [2.45, 2.75) is 32.1 Å². The highest BCUT2D eigenvalue weighted by molar-refractivity contribution is 6.21. The summed E-state index contributed by atoms with van der Waals surface area (Å²) < 4.78 is 0. The second kappa shape index (κ2) is 8.45. The van der Waals surface area contributed by atoms with E-state index in [0.717, 1.165) is 51.9 Å². The fraction of sp³-hybridized carbons (Fsp3) is 0.550. The topological polar surface area (TPSA) is 62.1 Å². The van der Waals surface area contributed by atoms with Crippen molar-refractivity contribution < 1.29 is 19.3 Å². The Morgan fingerprint density at radius 3 is 2.15 bits per heavy atom. The SMILES string of the molecule is C[NH+]1CCN(C(=O)CCCCCCN2C(=O)c3ccccc3C2=O)CC1. The van der Waals surface area contributed by atoms with Crippen molar-refractivity contribution in [2.75, 3.05) is 39.8 Å². The molecule has 1 saturated heterocycles. The minimum Gasteiger partial charge on any atom is -0.334 e. The normalized spacial score (nSPS) is 17.7. The third-order valence-corrected chi connectivity index (χ3v) is 5.37. The molecule has 1 aromatic carbocycles. The molecule has 0 aliphatic carbocycles. The number of unbranched alkanes of at least 4 members (excludes halogenated alkanes) is 3. The molecule has 1 N–H and O–H groups in total. The van der Waals surface area contributed by atoms with E-state index in [1.54, 1.807) is 24.3 Å². The average Bonchev–Trinajstić information content (AvgIpc) is 2.90. The number of amides is 3. The Bertz CT molecular complexity index is 646. The monoisotopic (exact) mass is 358 g/mol. The van der Waals surface area contributed by atoms with Gasteiger partial charge in [0.1, 0.15) is 0 Å². The standard InChI is InChI=1S/C20H27N3O3/c1-21-12-14-22(15-13-21)18(24)10-4-2-3-7-11-23-19(25)16-8-5-6-9-17(16)20(23)26/h5-6,8-9H,2-4,7,10-15H2,1H3/p+1. The summed E-state index contributed by atoms with van der Waals surface area (Å²) in [4.78, 5) is 41.5. The van der Waals surface area contributed by atoms with Gasteiger partial charge in [0.15, 0.2) is 0 Å². The van der Waals surface area contributed by atoms with Crippen LogP contribution < -0.4 is 4.90 Å². The highest BCUT2D eigenvalue weighted by Gasteiger charge is 2.34. The van der Waals surface area contributed by atoms with E-state index in [-0.39, 0.29) is 17.7 Å². The number of carbonyl (C=O) groups excluding carboxylic acids is 3. The Morgan fingerprint density at radius 2 is 1.54 bits per heavy atom. The first-order valence-corrected chi connectivity index (χ1v) is 9.62. The van der Waals surface area contributed by atoms with Crippen molar-refractivity contribution in [1.82, 2.24) is 9.80 Å². The van der Waals surface area contributed by atoms with E-state index in [2.05, 4.69) is 7.05 Å². The quantitative estimate of drug-likeness (QED) is 0.573. The summed E-state index contributed by atoms with van der Waals surface area (Å²) in [6, 6.07) is 6.99. The van der Waals surface area contributed by atoms with Gasteiger partial charge in [-0.3, -0.25) is 19.3 Å². The zero-order chi connectivity index (χ0) is 18.5. The van der Waals surface area contributed by atoms with Crippen LogP contribution in [-0.2, 0) is 4.79 Å². The largest absolute Gasteiger partial charge is 0.334 e. The molecule has 1 aromatic rings. The summed E-state index contributed by atoms with van der Waals surface area (Å²) >= 11 is 0. The smallest absolute Gasteiger partial charge is 0.261 e.